The molecule has 1 saturated heterocycles. The molecule has 5 nitrogen and oxygen atoms in total. The number of carbonyl (C=O) groups excluding carboxylic acids is 2. The van der Waals surface area contributed by atoms with E-state index in [-0.39, 0.29) is 11.8 Å². The van der Waals surface area contributed by atoms with Crippen LogP contribution in [0.1, 0.15) is 46.7 Å². The zero-order valence-electron chi connectivity index (χ0n) is 15.2. The highest BCUT2D eigenvalue weighted by Crippen LogP contribution is 2.39. The normalized spacial score (nSPS) is 19.2. The molecule has 2 aromatic rings. The van der Waals surface area contributed by atoms with Gasteiger partial charge in [-0.15, -0.1) is 0 Å². The molecule has 4 rings (SSSR count). The van der Waals surface area contributed by atoms with E-state index < -0.39 is 5.91 Å². The second-order valence-corrected chi connectivity index (χ2v) is 7.14. The molecule has 2 aliphatic heterocycles. The number of hydrogen-bond donors (Lipinski definition) is 2. The second-order valence-electron chi connectivity index (χ2n) is 7.14. The quantitative estimate of drug-likeness (QED) is 0.875. The molecular weight excluding hydrogens is 338 g/mol. The van der Waals surface area contributed by atoms with Crippen molar-refractivity contribution in [2.24, 2.45) is 5.73 Å². The van der Waals surface area contributed by atoms with E-state index in [0.29, 0.717) is 12.0 Å². The maximum atomic E-state index is 12.2. The third-order valence-electron chi connectivity index (χ3n) is 5.28. The number of rotatable bonds is 4. The Morgan fingerprint density at radius 1 is 1.15 bits per heavy atom. The Kier molecular flexibility index (Phi) is 4.67. The van der Waals surface area contributed by atoms with Crippen LogP contribution in [0.2, 0.25) is 0 Å². The number of nitrogens with two attached hydrogens (primary N) is 1. The Morgan fingerprint density at radius 3 is 2.59 bits per heavy atom. The molecule has 3 N–H and O–H groups in total. The summed E-state index contributed by atoms with van der Waals surface area (Å²) in [6, 6.07) is 13.8. The van der Waals surface area contributed by atoms with E-state index in [1.807, 2.05) is 54.6 Å². The molecule has 1 fully saturated rings. The van der Waals surface area contributed by atoms with Gasteiger partial charge >= 0.3 is 0 Å². The van der Waals surface area contributed by atoms with E-state index in [0.717, 1.165) is 48.4 Å². The van der Waals surface area contributed by atoms with Crippen LogP contribution < -0.4 is 16.0 Å². The molecular formula is C22H23N3O2. The highest BCUT2D eigenvalue weighted by molar-refractivity contribution is 6.03. The van der Waals surface area contributed by atoms with Crippen LogP contribution in [0.5, 0.6) is 0 Å². The molecule has 5 heteroatoms. The lowest BCUT2D eigenvalue weighted by molar-refractivity contribution is -0.116. The Hall–Kier alpha value is -3.08. The predicted molar refractivity (Wildman–Crippen MR) is 108 cm³/mol. The Labute approximate surface area is 158 Å². The number of primary amides is 1. The van der Waals surface area contributed by atoms with E-state index in [4.69, 9.17) is 5.73 Å². The molecule has 0 radical (unpaired) electrons. The molecule has 27 heavy (non-hydrogen) atoms. The number of carbonyl (C=O) groups is 2. The molecule has 2 aliphatic rings. The highest BCUT2D eigenvalue weighted by Gasteiger charge is 2.28. The molecule has 0 unspecified atom stereocenters. The summed E-state index contributed by atoms with van der Waals surface area (Å²) in [6.07, 6.45) is 6.62. The summed E-state index contributed by atoms with van der Waals surface area (Å²) < 4.78 is 0. The van der Waals surface area contributed by atoms with Crippen LogP contribution in [0.3, 0.4) is 0 Å². The number of fused-ring (bicyclic) bond motifs is 1. The number of anilines is 2. The topological polar surface area (TPSA) is 75.4 Å². The second kappa shape index (κ2) is 7.27. The number of hydrogen-bond acceptors (Lipinski definition) is 3. The van der Waals surface area contributed by atoms with Crippen molar-refractivity contribution in [1.29, 1.82) is 0 Å². The van der Waals surface area contributed by atoms with Crippen molar-refractivity contribution in [1.82, 2.24) is 0 Å². The molecule has 138 valence electrons. The smallest absolute Gasteiger partial charge is 0.250 e. The van der Waals surface area contributed by atoms with Gasteiger partial charge in [0.2, 0.25) is 5.91 Å². The SMILES string of the molecule is NC(=O)c1cc2c(cc1N1CCCC1)NC(=O)C[C@H]2/C=C/c1ccccc1. The van der Waals surface area contributed by atoms with Gasteiger partial charge in [-0.2, -0.15) is 0 Å². The number of amides is 2. The van der Waals surface area contributed by atoms with Crippen LogP contribution in [-0.2, 0) is 4.79 Å². The van der Waals surface area contributed by atoms with Gasteiger partial charge in [0.25, 0.3) is 5.91 Å². The van der Waals surface area contributed by atoms with Crippen molar-refractivity contribution in [2.75, 3.05) is 23.3 Å². The highest BCUT2D eigenvalue weighted by atomic mass is 16.2. The van der Waals surface area contributed by atoms with Crippen molar-refractivity contribution in [3.05, 3.63) is 65.2 Å². The Balaban J connectivity index is 1.74. The van der Waals surface area contributed by atoms with E-state index in [1.165, 1.54) is 0 Å². The molecule has 2 aromatic carbocycles. The summed E-state index contributed by atoms with van der Waals surface area (Å²) >= 11 is 0. The summed E-state index contributed by atoms with van der Waals surface area (Å²) in [4.78, 5) is 26.5. The van der Waals surface area contributed by atoms with Crippen LogP contribution in [0, 0.1) is 0 Å². The molecule has 2 heterocycles. The predicted octanol–water partition coefficient (Wildman–Crippen LogP) is 3.52. The Morgan fingerprint density at radius 2 is 1.89 bits per heavy atom. The van der Waals surface area contributed by atoms with Crippen molar-refractivity contribution < 1.29 is 9.59 Å². The lowest BCUT2D eigenvalue weighted by atomic mass is 9.87. The average Bonchev–Trinajstić information content (AvgIpc) is 3.20. The average molecular weight is 361 g/mol. The van der Waals surface area contributed by atoms with Gasteiger partial charge in [0.1, 0.15) is 0 Å². The first-order valence-electron chi connectivity index (χ1n) is 9.37. The third-order valence-corrected chi connectivity index (χ3v) is 5.28. The molecule has 0 aliphatic carbocycles. The van der Waals surface area contributed by atoms with E-state index >= 15 is 0 Å². The van der Waals surface area contributed by atoms with Gasteiger partial charge in [-0.05, 0) is 36.1 Å². The molecule has 0 bridgehead atoms. The summed E-state index contributed by atoms with van der Waals surface area (Å²) in [5, 5.41) is 2.97. The fourth-order valence-electron chi connectivity index (χ4n) is 3.91. The van der Waals surface area contributed by atoms with Gasteiger partial charge in [-0.3, -0.25) is 9.59 Å². The van der Waals surface area contributed by atoms with E-state index in [2.05, 4.69) is 10.2 Å². The van der Waals surface area contributed by atoms with E-state index in [1.54, 1.807) is 0 Å². The van der Waals surface area contributed by atoms with Crippen LogP contribution in [-0.4, -0.2) is 24.9 Å². The molecule has 0 saturated carbocycles. The number of nitrogens with one attached hydrogen (secondary N) is 1. The number of benzene rings is 2. The van der Waals surface area contributed by atoms with Crippen LogP contribution >= 0.6 is 0 Å². The summed E-state index contributed by atoms with van der Waals surface area (Å²) in [5.41, 5.74) is 9.84. The Bertz CT molecular complexity index is 899. The number of allylic oxidation sites excluding steroid dienone is 1. The van der Waals surface area contributed by atoms with Gasteiger partial charge < -0.3 is 16.0 Å². The van der Waals surface area contributed by atoms with Crippen LogP contribution in [0.4, 0.5) is 11.4 Å². The standard InChI is InChI=1S/C22H23N3O2/c23-22(27)18-13-17-16(9-8-15-6-2-1-3-7-15)12-21(26)24-19(17)14-20(18)25-10-4-5-11-25/h1-3,6-9,13-14,16H,4-5,10-12H2,(H2,23,27)(H,24,26)/b9-8+/t16-/m1/s1. The van der Waals surface area contributed by atoms with Gasteiger partial charge in [0, 0.05) is 31.1 Å². The first-order valence-corrected chi connectivity index (χ1v) is 9.37. The van der Waals surface area contributed by atoms with Crippen molar-refractivity contribution in [3.63, 3.8) is 0 Å². The van der Waals surface area contributed by atoms with Gasteiger partial charge in [-0.1, -0.05) is 42.5 Å². The zero-order valence-corrected chi connectivity index (χ0v) is 15.2. The monoisotopic (exact) mass is 361 g/mol. The molecule has 2 amide bonds. The summed E-state index contributed by atoms with van der Waals surface area (Å²) in [6.45, 7) is 1.81. The van der Waals surface area contributed by atoms with Gasteiger partial charge in [0.15, 0.2) is 0 Å². The van der Waals surface area contributed by atoms with Crippen LogP contribution in [0.25, 0.3) is 6.08 Å². The minimum absolute atomic E-state index is 0.00981. The summed E-state index contributed by atoms with van der Waals surface area (Å²) in [7, 11) is 0. The lowest BCUT2D eigenvalue weighted by Crippen LogP contribution is -2.27. The summed E-state index contributed by atoms with van der Waals surface area (Å²) in [5.74, 6) is -0.522. The van der Waals surface area contributed by atoms with E-state index in [9.17, 15) is 9.59 Å². The molecule has 0 aromatic heterocycles. The molecule has 0 spiro atoms. The maximum absolute atomic E-state index is 12.2. The molecule has 1 atom stereocenters. The fourth-order valence-corrected chi connectivity index (χ4v) is 3.91. The van der Waals surface area contributed by atoms with Crippen molar-refractivity contribution in [3.8, 4) is 0 Å². The lowest BCUT2D eigenvalue weighted by Gasteiger charge is -2.28. The first kappa shape index (κ1) is 17.3. The maximum Gasteiger partial charge on any atom is 0.250 e. The zero-order chi connectivity index (χ0) is 18.8. The van der Waals surface area contributed by atoms with Crippen molar-refractivity contribution in [2.45, 2.75) is 25.2 Å². The fraction of sp³-hybridized carbons (Fsp3) is 0.273. The van der Waals surface area contributed by atoms with Gasteiger partial charge in [-0.25, -0.2) is 0 Å². The van der Waals surface area contributed by atoms with Crippen molar-refractivity contribution >= 4 is 29.3 Å². The minimum Gasteiger partial charge on any atom is -0.371 e. The minimum atomic E-state index is -0.428. The third kappa shape index (κ3) is 3.58. The number of nitrogens with zero attached hydrogens (tertiary/aromatic N) is 1. The van der Waals surface area contributed by atoms with Crippen LogP contribution in [0.15, 0.2) is 48.5 Å². The van der Waals surface area contributed by atoms with Gasteiger partial charge in [0.05, 0.1) is 11.3 Å². The largest absolute Gasteiger partial charge is 0.371 e. The first-order chi connectivity index (χ1) is 13.1.